The lowest BCUT2D eigenvalue weighted by Gasteiger charge is -2.36. The number of carbonyl (C=O) groups excluding carboxylic acids is 2. The molecule has 0 unspecified atom stereocenters. The molecule has 0 aromatic rings. The number of allylic oxidation sites excluding steroid dienone is 1. The average Bonchev–Trinajstić information content (AvgIpc) is 2.44. The van der Waals surface area contributed by atoms with Crippen LogP contribution in [-0.4, -0.2) is 25.2 Å². The highest BCUT2D eigenvalue weighted by molar-refractivity contribution is 5.96. The van der Waals surface area contributed by atoms with Gasteiger partial charge in [0, 0.05) is 5.41 Å². The normalized spacial score (nSPS) is 17.8. The largest absolute Gasteiger partial charge is 0.465 e. The third kappa shape index (κ3) is 4.74. The third-order valence-electron chi connectivity index (χ3n) is 4.29. The van der Waals surface area contributed by atoms with E-state index < -0.39 is 23.3 Å². The van der Waals surface area contributed by atoms with E-state index in [-0.39, 0.29) is 13.2 Å². The van der Waals surface area contributed by atoms with Gasteiger partial charge in [-0.2, -0.15) is 0 Å². The summed E-state index contributed by atoms with van der Waals surface area (Å²) in [5.41, 5.74) is 2.23. The van der Waals surface area contributed by atoms with Crippen molar-refractivity contribution in [1.82, 2.24) is 0 Å². The van der Waals surface area contributed by atoms with E-state index in [0.717, 1.165) is 38.5 Å². The number of hydrogen-bond acceptors (Lipinski definition) is 4. The Bertz CT molecular complexity index is 395. The van der Waals surface area contributed by atoms with Gasteiger partial charge in [0.15, 0.2) is 5.92 Å². The second kappa shape index (κ2) is 9.47. The summed E-state index contributed by atoms with van der Waals surface area (Å²) in [5, 5.41) is 0. The predicted octanol–water partition coefficient (Wildman–Crippen LogP) is 3.80. The van der Waals surface area contributed by atoms with Gasteiger partial charge in [-0.15, -0.1) is 5.73 Å². The van der Waals surface area contributed by atoms with Crippen LogP contribution in [0.25, 0.3) is 0 Å². The summed E-state index contributed by atoms with van der Waals surface area (Å²) < 4.78 is 10.3. The summed E-state index contributed by atoms with van der Waals surface area (Å²) in [6.07, 6.45) is 8.72. The van der Waals surface area contributed by atoms with Gasteiger partial charge in [0.05, 0.1) is 13.2 Å². The van der Waals surface area contributed by atoms with Crippen LogP contribution in [0.1, 0.15) is 58.8 Å². The highest BCUT2D eigenvalue weighted by atomic mass is 16.6. The van der Waals surface area contributed by atoms with Gasteiger partial charge >= 0.3 is 11.9 Å². The average molecular weight is 308 g/mol. The van der Waals surface area contributed by atoms with Gasteiger partial charge in [-0.05, 0) is 32.8 Å². The highest BCUT2D eigenvalue weighted by Gasteiger charge is 2.47. The van der Waals surface area contributed by atoms with Gasteiger partial charge < -0.3 is 9.47 Å². The molecule has 1 rings (SSSR count). The Morgan fingerprint density at radius 1 is 1.05 bits per heavy atom. The molecule has 1 saturated carbocycles. The van der Waals surface area contributed by atoms with Gasteiger partial charge in [0.1, 0.15) is 0 Å². The molecule has 0 aliphatic heterocycles. The molecule has 1 aliphatic rings. The topological polar surface area (TPSA) is 52.6 Å². The predicted molar refractivity (Wildman–Crippen MR) is 85.2 cm³/mol. The van der Waals surface area contributed by atoms with Crippen molar-refractivity contribution < 1.29 is 19.1 Å². The molecule has 0 saturated heterocycles. The zero-order valence-corrected chi connectivity index (χ0v) is 13.9. The summed E-state index contributed by atoms with van der Waals surface area (Å²) in [5.74, 6) is -1.90. The first-order valence-corrected chi connectivity index (χ1v) is 8.31. The molecule has 0 atom stereocenters. The molecular weight excluding hydrogens is 280 g/mol. The second-order valence-electron chi connectivity index (χ2n) is 5.79. The quantitative estimate of drug-likeness (QED) is 0.425. The maximum Gasteiger partial charge on any atom is 0.321 e. The fraction of sp³-hybridized carbons (Fsp3) is 0.722. The standard InChI is InChI=1S/C18H28O4/c1-4-12-18(13-10-8-7-9-11-14-18)15(16(19)21-5-2)17(20)22-6-3/h12,15H,1,5-11,13-14H2,2-3H3. The van der Waals surface area contributed by atoms with Crippen LogP contribution in [0, 0.1) is 11.3 Å². The molecule has 1 fully saturated rings. The first-order valence-electron chi connectivity index (χ1n) is 8.31. The van der Waals surface area contributed by atoms with Crippen LogP contribution in [0.15, 0.2) is 18.4 Å². The van der Waals surface area contributed by atoms with Crippen molar-refractivity contribution in [3.8, 4) is 0 Å². The Morgan fingerprint density at radius 3 is 1.91 bits per heavy atom. The molecule has 1 aliphatic carbocycles. The minimum atomic E-state index is -0.917. The Balaban J connectivity index is 3.18. The van der Waals surface area contributed by atoms with Crippen molar-refractivity contribution in [3.05, 3.63) is 18.4 Å². The molecule has 0 amide bonds. The van der Waals surface area contributed by atoms with E-state index in [1.807, 2.05) is 0 Å². The van der Waals surface area contributed by atoms with Gasteiger partial charge in [-0.3, -0.25) is 9.59 Å². The second-order valence-corrected chi connectivity index (χ2v) is 5.79. The summed E-state index contributed by atoms with van der Waals surface area (Å²) >= 11 is 0. The number of hydrogen-bond donors (Lipinski definition) is 0. The van der Waals surface area contributed by atoms with Crippen LogP contribution in [0.2, 0.25) is 0 Å². The molecular formula is C18H28O4. The zero-order valence-electron chi connectivity index (χ0n) is 13.9. The van der Waals surface area contributed by atoms with Crippen molar-refractivity contribution in [1.29, 1.82) is 0 Å². The minimum Gasteiger partial charge on any atom is -0.465 e. The monoisotopic (exact) mass is 308 g/mol. The number of rotatable bonds is 6. The van der Waals surface area contributed by atoms with Gasteiger partial charge in [-0.1, -0.05) is 38.7 Å². The summed E-state index contributed by atoms with van der Waals surface area (Å²) in [6, 6.07) is 0. The first kappa shape index (κ1) is 18.5. The summed E-state index contributed by atoms with van der Waals surface area (Å²) in [7, 11) is 0. The Hall–Kier alpha value is -1.54. The van der Waals surface area contributed by atoms with Crippen LogP contribution >= 0.6 is 0 Å². The molecule has 0 aromatic heterocycles. The third-order valence-corrected chi connectivity index (χ3v) is 4.29. The SMILES string of the molecule is C=C=CC1(C(C(=O)OCC)C(=O)OCC)CCCCCCC1. The Kier molecular flexibility index (Phi) is 7.97. The van der Waals surface area contributed by atoms with Crippen LogP contribution in [0.5, 0.6) is 0 Å². The molecule has 4 nitrogen and oxygen atoms in total. The molecule has 0 bridgehead atoms. The zero-order chi connectivity index (χ0) is 16.4. The fourth-order valence-corrected chi connectivity index (χ4v) is 3.30. The maximum absolute atomic E-state index is 12.4. The van der Waals surface area contributed by atoms with Crippen molar-refractivity contribution in [2.75, 3.05) is 13.2 Å². The van der Waals surface area contributed by atoms with Crippen molar-refractivity contribution in [3.63, 3.8) is 0 Å². The van der Waals surface area contributed by atoms with Crippen LogP contribution in [-0.2, 0) is 19.1 Å². The van der Waals surface area contributed by atoms with Gasteiger partial charge in [0.25, 0.3) is 0 Å². The van der Waals surface area contributed by atoms with E-state index in [1.165, 1.54) is 6.42 Å². The smallest absolute Gasteiger partial charge is 0.321 e. The first-order chi connectivity index (χ1) is 10.6. The highest BCUT2D eigenvalue weighted by Crippen LogP contribution is 2.43. The molecule has 0 spiro atoms. The lowest BCUT2D eigenvalue weighted by atomic mass is 9.67. The molecule has 4 heteroatoms. The number of esters is 2. The van der Waals surface area contributed by atoms with Crippen molar-refractivity contribution in [2.24, 2.45) is 11.3 Å². The molecule has 0 heterocycles. The summed E-state index contributed by atoms with van der Waals surface area (Å²) in [4.78, 5) is 24.9. The number of carbonyl (C=O) groups is 2. The van der Waals surface area contributed by atoms with E-state index >= 15 is 0 Å². The molecule has 22 heavy (non-hydrogen) atoms. The van der Waals surface area contributed by atoms with Crippen LogP contribution in [0.3, 0.4) is 0 Å². The fourth-order valence-electron chi connectivity index (χ4n) is 3.30. The van der Waals surface area contributed by atoms with E-state index in [2.05, 4.69) is 12.3 Å². The number of ether oxygens (including phenoxy) is 2. The summed E-state index contributed by atoms with van der Waals surface area (Å²) in [6.45, 7) is 7.66. The minimum absolute atomic E-state index is 0.253. The maximum atomic E-state index is 12.4. The molecule has 0 N–H and O–H groups in total. The van der Waals surface area contributed by atoms with E-state index in [0.29, 0.717) is 0 Å². The Morgan fingerprint density at radius 2 is 1.50 bits per heavy atom. The Labute approximate surface area is 133 Å². The molecule has 0 aromatic carbocycles. The van der Waals surface area contributed by atoms with E-state index in [1.54, 1.807) is 19.9 Å². The molecule has 124 valence electrons. The van der Waals surface area contributed by atoms with Gasteiger partial charge in [-0.25, -0.2) is 0 Å². The van der Waals surface area contributed by atoms with E-state index in [9.17, 15) is 9.59 Å². The van der Waals surface area contributed by atoms with E-state index in [4.69, 9.17) is 9.47 Å². The van der Waals surface area contributed by atoms with Crippen molar-refractivity contribution >= 4 is 11.9 Å². The van der Waals surface area contributed by atoms with Crippen molar-refractivity contribution in [2.45, 2.75) is 58.8 Å². The van der Waals surface area contributed by atoms with Crippen LogP contribution in [0.4, 0.5) is 0 Å². The lowest BCUT2D eigenvalue weighted by Crippen LogP contribution is -2.42. The molecule has 0 radical (unpaired) electrons. The van der Waals surface area contributed by atoms with Crippen LogP contribution < -0.4 is 0 Å². The van der Waals surface area contributed by atoms with Gasteiger partial charge in [0.2, 0.25) is 0 Å². The lowest BCUT2D eigenvalue weighted by molar-refractivity contribution is -0.167.